The van der Waals surface area contributed by atoms with E-state index in [0.717, 1.165) is 38.0 Å². The average Bonchev–Trinajstić information content (AvgIpc) is 3.04. The third-order valence-electron chi connectivity index (χ3n) is 9.56. The lowest BCUT2D eigenvalue weighted by Gasteiger charge is -2.21. The van der Waals surface area contributed by atoms with Crippen LogP contribution >= 0.6 is 0 Å². The van der Waals surface area contributed by atoms with Crippen LogP contribution in [0.2, 0.25) is 0 Å². The van der Waals surface area contributed by atoms with Crippen LogP contribution in [-0.4, -0.2) is 46.1 Å². The van der Waals surface area contributed by atoms with E-state index >= 15 is 0 Å². The lowest BCUT2D eigenvalue weighted by atomic mass is 10.0. The molecule has 274 valence electrons. The Balaban J connectivity index is 3.64. The largest absolute Gasteiger partial charge is 0.394 e. The van der Waals surface area contributed by atoms with E-state index in [1.54, 1.807) is 6.08 Å². The van der Waals surface area contributed by atoms with Gasteiger partial charge in [0.05, 0.1) is 18.8 Å². The van der Waals surface area contributed by atoms with Crippen molar-refractivity contribution < 1.29 is 20.1 Å². The molecule has 0 unspecified atom stereocenters. The second kappa shape index (κ2) is 35.4. The van der Waals surface area contributed by atoms with E-state index in [4.69, 9.17) is 0 Å². The first-order valence-electron chi connectivity index (χ1n) is 20.4. The normalized spacial score (nSPS) is 13.9. The van der Waals surface area contributed by atoms with Gasteiger partial charge in [-0.25, -0.2) is 0 Å². The van der Waals surface area contributed by atoms with E-state index in [-0.39, 0.29) is 6.61 Å². The highest BCUT2D eigenvalue weighted by molar-refractivity contribution is 5.80. The first kappa shape index (κ1) is 45.1. The van der Waals surface area contributed by atoms with Crippen LogP contribution in [0.4, 0.5) is 0 Å². The molecule has 1 amide bonds. The summed E-state index contributed by atoms with van der Waals surface area (Å²) in [5, 5.41) is 33.0. The lowest BCUT2D eigenvalue weighted by molar-refractivity contribution is -0.131. The zero-order valence-electron chi connectivity index (χ0n) is 31.1. The van der Waals surface area contributed by atoms with Crippen LogP contribution in [-0.2, 0) is 4.79 Å². The fourth-order valence-corrected chi connectivity index (χ4v) is 6.31. The van der Waals surface area contributed by atoms with Crippen LogP contribution in [0.25, 0.3) is 0 Å². The standard InChI is InChI=1S/C41H81NO4/c1-4-5-6-7-8-9-10-11-12-13-14-15-16-17-18-19-22-26-29-32-35-40(45)41(46)42-38(36-43)39(44)34-31-28-25-23-20-21-24-27-30-33-37(2)3/h31,34,37-40,43-45H,4-30,32-33,35-36H2,1-3H3,(H,42,46)/b34-31+/t38-,39+,40+/m0/s1. The van der Waals surface area contributed by atoms with E-state index in [1.807, 2.05) is 6.08 Å². The van der Waals surface area contributed by atoms with Crippen molar-refractivity contribution in [3.05, 3.63) is 12.2 Å². The number of allylic oxidation sites excluding steroid dienone is 1. The molecule has 0 aromatic rings. The molecule has 0 rings (SSSR count). The van der Waals surface area contributed by atoms with Gasteiger partial charge in [-0.1, -0.05) is 206 Å². The Labute approximate surface area is 287 Å². The van der Waals surface area contributed by atoms with Gasteiger partial charge in [-0.05, 0) is 25.2 Å². The van der Waals surface area contributed by atoms with Crippen LogP contribution < -0.4 is 5.32 Å². The fraction of sp³-hybridized carbons (Fsp3) is 0.927. The number of amides is 1. The summed E-state index contributed by atoms with van der Waals surface area (Å²) in [6, 6.07) is -0.792. The topological polar surface area (TPSA) is 89.8 Å². The molecule has 0 fully saturated rings. The van der Waals surface area contributed by atoms with Crippen LogP contribution in [0.5, 0.6) is 0 Å². The number of carbonyl (C=O) groups is 1. The summed E-state index contributed by atoms with van der Waals surface area (Å²) >= 11 is 0. The summed E-state index contributed by atoms with van der Waals surface area (Å²) in [5.41, 5.74) is 0. The molecular formula is C41H81NO4. The summed E-state index contributed by atoms with van der Waals surface area (Å²) in [6.07, 6.45) is 39.6. The maximum absolute atomic E-state index is 12.4. The molecule has 0 aromatic heterocycles. The number of hydrogen-bond acceptors (Lipinski definition) is 4. The minimum Gasteiger partial charge on any atom is -0.394 e. The smallest absolute Gasteiger partial charge is 0.249 e. The first-order valence-corrected chi connectivity index (χ1v) is 20.4. The van der Waals surface area contributed by atoms with Gasteiger partial charge in [-0.3, -0.25) is 4.79 Å². The number of nitrogens with one attached hydrogen (secondary N) is 1. The van der Waals surface area contributed by atoms with Gasteiger partial charge in [-0.15, -0.1) is 0 Å². The molecule has 5 nitrogen and oxygen atoms in total. The quantitative estimate of drug-likeness (QED) is 0.0401. The Bertz CT molecular complexity index is 652. The Hall–Kier alpha value is -0.910. The van der Waals surface area contributed by atoms with Crippen molar-refractivity contribution in [3.63, 3.8) is 0 Å². The predicted octanol–water partition coefficient (Wildman–Crippen LogP) is 11.1. The highest BCUT2D eigenvalue weighted by Crippen LogP contribution is 2.16. The maximum atomic E-state index is 12.4. The molecule has 0 spiro atoms. The molecule has 0 saturated carbocycles. The van der Waals surface area contributed by atoms with Crippen LogP contribution in [0.1, 0.15) is 213 Å². The number of aliphatic hydroxyl groups excluding tert-OH is 3. The summed E-state index contributed by atoms with van der Waals surface area (Å²) in [7, 11) is 0. The van der Waals surface area contributed by atoms with Gasteiger partial charge in [0, 0.05) is 0 Å². The molecule has 46 heavy (non-hydrogen) atoms. The van der Waals surface area contributed by atoms with Gasteiger partial charge in [-0.2, -0.15) is 0 Å². The summed E-state index contributed by atoms with van der Waals surface area (Å²) in [6.45, 7) is 6.50. The average molecular weight is 652 g/mol. The van der Waals surface area contributed by atoms with E-state index < -0.39 is 24.2 Å². The van der Waals surface area contributed by atoms with Gasteiger partial charge >= 0.3 is 0 Å². The zero-order chi connectivity index (χ0) is 33.9. The SMILES string of the molecule is CCCCCCCCCCCCCCCCCCCCCC[C@@H](O)C(=O)N[C@@H](CO)[C@H](O)/C=C/CCCCCCCCCC(C)C. The van der Waals surface area contributed by atoms with E-state index in [2.05, 4.69) is 26.1 Å². The van der Waals surface area contributed by atoms with Crippen molar-refractivity contribution in [2.24, 2.45) is 5.92 Å². The third-order valence-corrected chi connectivity index (χ3v) is 9.56. The number of carbonyl (C=O) groups excluding carboxylic acids is 1. The van der Waals surface area contributed by atoms with Gasteiger partial charge in [0.15, 0.2) is 0 Å². The maximum Gasteiger partial charge on any atom is 0.249 e. The molecule has 3 atom stereocenters. The Kier molecular flexibility index (Phi) is 34.7. The lowest BCUT2D eigenvalue weighted by Crippen LogP contribution is -2.48. The zero-order valence-corrected chi connectivity index (χ0v) is 31.1. The second-order valence-corrected chi connectivity index (χ2v) is 14.7. The van der Waals surface area contributed by atoms with E-state index in [1.165, 1.54) is 154 Å². The minimum absolute atomic E-state index is 0.361. The summed E-state index contributed by atoms with van der Waals surface area (Å²) < 4.78 is 0. The second-order valence-electron chi connectivity index (χ2n) is 14.7. The van der Waals surface area contributed by atoms with Crippen LogP contribution in [0.3, 0.4) is 0 Å². The fourth-order valence-electron chi connectivity index (χ4n) is 6.31. The van der Waals surface area contributed by atoms with Crippen molar-refractivity contribution in [1.29, 1.82) is 0 Å². The monoisotopic (exact) mass is 652 g/mol. The first-order chi connectivity index (χ1) is 22.4. The van der Waals surface area contributed by atoms with Gasteiger partial charge in [0.1, 0.15) is 6.10 Å². The minimum atomic E-state index is -1.09. The molecule has 0 saturated heterocycles. The Morgan fingerprint density at radius 3 is 1.33 bits per heavy atom. The molecule has 0 aliphatic rings. The molecule has 0 radical (unpaired) electrons. The van der Waals surface area contributed by atoms with Crippen molar-refractivity contribution in [2.45, 2.75) is 232 Å². The number of unbranched alkanes of at least 4 members (excludes halogenated alkanes) is 26. The molecule has 0 aliphatic heterocycles. The highest BCUT2D eigenvalue weighted by Gasteiger charge is 2.22. The van der Waals surface area contributed by atoms with Gasteiger partial charge in [0.2, 0.25) is 5.91 Å². The van der Waals surface area contributed by atoms with Gasteiger partial charge < -0.3 is 20.6 Å². The van der Waals surface area contributed by atoms with Crippen LogP contribution in [0.15, 0.2) is 12.2 Å². The number of rotatable bonds is 36. The van der Waals surface area contributed by atoms with E-state index in [0.29, 0.717) is 6.42 Å². The summed E-state index contributed by atoms with van der Waals surface area (Å²) in [5.74, 6) is 0.307. The Morgan fingerprint density at radius 2 is 0.935 bits per heavy atom. The van der Waals surface area contributed by atoms with Gasteiger partial charge in [0.25, 0.3) is 0 Å². The van der Waals surface area contributed by atoms with Crippen molar-refractivity contribution in [3.8, 4) is 0 Å². The highest BCUT2D eigenvalue weighted by atomic mass is 16.3. The Morgan fingerprint density at radius 1 is 0.565 bits per heavy atom. The van der Waals surface area contributed by atoms with E-state index in [9.17, 15) is 20.1 Å². The van der Waals surface area contributed by atoms with Crippen molar-refractivity contribution in [2.75, 3.05) is 6.61 Å². The molecular weight excluding hydrogens is 570 g/mol. The third kappa shape index (κ3) is 31.7. The summed E-state index contributed by atoms with van der Waals surface area (Å²) in [4.78, 5) is 12.4. The molecule has 0 aromatic carbocycles. The number of hydrogen-bond donors (Lipinski definition) is 4. The molecule has 0 bridgehead atoms. The number of aliphatic hydroxyl groups is 3. The molecule has 0 heterocycles. The molecule has 0 aliphatic carbocycles. The molecule has 4 N–H and O–H groups in total. The van der Waals surface area contributed by atoms with Crippen molar-refractivity contribution >= 4 is 5.91 Å². The predicted molar refractivity (Wildman–Crippen MR) is 199 cm³/mol. The van der Waals surface area contributed by atoms with Crippen molar-refractivity contribution in [1.82, 2.24) is 5.32 Å². The molecule has 5 heteroatoms. The van der Waals surface area contributed by atoms with Crippen LogP contribution in [0, 0.1) is 5.92 Å².